The van der Waals surface area contributed by atoms with Gasteiger partial charge in [-0.05, 0) is 17.7 Å². The van der Waals surface area contributed by atoms with E-state index < -0.39 is 10.2 Å². The number of aromatic nitrogens is 1. The minimum atomic E-state index is -3.40. The van der Waals surface area contributed by atoms with Gasteiger partial charge in [-0.3, -0.25) is 4.98 Å². The van der Waals surface area contributed by atoms with Crippen LogP contribution in [0.5, 0.6) is 0 Å². The van der Waals surface area contributed by atoms with E-state index in [1.54, 1.807) is 6.20 Å². The van der Waals surface area contributed by atoms with E-state index in [0.717, 1.165) is 20.8 Å². The van der Waals surface area contributed by atoms with Gasteiger partial charge in [0.2, 0.25) is 0 Å². The lowest BCUT2D eigenvalue weighted by Crippen LogP contribution is -2.35. The molecule has 1 N–H and O–H groups in total. The molecule has 1 aromatic carbocycles. The van der Waals surface area contributed by atoms with E-state index in [1.807, 2.05) is 30.3 Å². The summed E-state index contributed by atoms with van der Waals surface area (Å²) in [6.45, 7) is 0.254. The summed E-state index contributed by atoms with van der Waals surface area (Å²) in [5, 5.41) is 0.960. The second-order valence-corrected chi connectivity index (χ2v) is 6.06. The largest absolute Gasteiger partial charge is 0.279 e. The first kappa shape index (κ1) is 12.9. The Morgan fingerprint density at radius 2 is 1.94 bits per heavy atom. The monoisotopic (exact) mass is 265 g/mol. The van der Waals surface area contributed by atoms with E-state index in [0.29, 0.717) is 0 Å². The van der Waals surface area contributed by atoms with Crippen LogP contribution in [0.3, 0.4) is 0 Å². The van der Waals surface area contributed by atoms with Crippen molar-refractivity contribution < 1.29 is 8.42 Å². The number of para-hydroxylation sites is 1. The van der Waals surface area contributed by atoms with E-state index in [-0.39, 0.29) is 6.54 Å². The van der Waals surface area contributed by atoms with Gasteiger partial charge in [0.25, 0.3) is 10.2 Å². The fourth-order valence-corrected chi connectivity index (χ4v) is 2.20. The van der Waals surface area contributed by atoms with E-state index in [4.69, 9.17) is 0 Å². The van der Waals surface area contributed by atoms with Crippen LogP contribution < -0.4 is 4.72 Å². The molecule has 96 valence electrons. The van der Waals surface area contributed by atoms with Gasteiger partial charge in [-0.2, -0.15) is 17.4 Å². The molecule has 6 heteroatoms. The molecule has 0 aliphatic heterocycles. The highest BCUT2D eigenvalue weighted by atomic mass is 32.2. The third kappa shape index (κ3) is 2.66. The predicted molar refractivity (Wildman–Crippen MR) is 71.2 cm³/mol. The lowest BCUT2D eigenvalue weighted by atomic mass is 10.1. The number of rotatable bonds is 4. The van der Waals surface area contributed by atoms with Crippen LogP contribution in [0.4, 0.5) is 0 Å². The third-order valence-electron chi connectivity index (χ3n) is 2.67. The van der Waals surface area contributed by atoms with Crippen LogP contribution in [0.1, 0.15) is 5.56 Å². The zero-order chi connectivity index (χ0) is 13.2. The Bertz CT molecular complexity index is 648. The molecule has 0 radical (unpaired) electrons. The van der Waals surface area contributed by atoms with Gasteiger partial charge in [-0.1, -0.05) is 18.2 Å². The molecule has 0 saturated carbocycles. The Kier molecular flexibility index (Phi) is 3.60. The molecule has 0 fully saturated rings. The second-order valence-electron chi connectivity index (χ2n) is 4.10. The average molecular weight is 265 g/mol. The number of hydrogen-bond acceptors (Lipinski definition) is 3. The van der Waals surface area contributed by atoms with E-state index in [9.17, 15) is 8.42 Å². The Labute approximate surface area is 107 Å². The summed E-state index contributed by atoms with van der Waals surface area (Å²) in [4.78, 5) is 4.23. The van der Waals surface area contributed by atoms with Gasteiger partial charge in [0, 0.05) is 32.2 Å². The van der Waals surface area contributed by atoms with Crippen molar-refractivity contribution in [3.63, 3.8) is 0 Å². The molecule has 0 saturated heterocycles. The summed E-state index contributed by atoms with van der Waals surface area (Å²) in [6, 6.07) is 9.47. The number of benzene rings is 1. The molecule has 0 spiro atoms. The molecule has 2 rings (SSSR count). The van der Waals surface area contributed by atoms with Crippen molar-refractivity contribution in [2.24, 2.45) is 0 Å². The van der Waals surface area contributed by atoms with Crippen molar-refractivity contribution in [3.05, 3.63) is 42.1 Å². The highest BCUT2D eigenvalue weighted by Crippen LogP contribution is 2.16. The zero-order valence-electron chi connectivity index (χ0n) is 10.3. The lowest BCUT2D eigenvalue weighted by molar-refractivity contribution is 0.505. The summed E-state index contributed by atoms with van der Waals surface area (Å²) >= 11 is 0. The first-order chi connectivity index (χ1) is 8.50. The van der Waals surface area contributed by atoms with Crippen molar-refractivity contribution in [1.82, 2.24) is 14.0 Å². The minimum absolute atomic E-state index is 0.254. The first-order valence-electron chi connectivity index (χ1n) is 5.50. The first-order valence-corrected chi connectivity index (χ1v) is 6.94. The Hall–Kier alpha value is -1.50. The molecule has 0 bridgehead atoms. The second kappa shape index (κ2) is 5.01. The maximum Gasteiger partial charge on any atom is 0.279 e. The molecule has 0 amide bonds. The Balaban J connectivity index is 2.28. The molecule has 1 aromatic heterocycles. The molecule has 0 unspecified atom stereocenters. The summed E-state index contributed by atoms with van der Waals surface area (Å²) in [7, 11) is -0.416. The summed E-state index contributed by atoms with van der Waals surface area (Å²) in [6.07, 6.45) is 1.68. The maximum atomic E-state index is 11.6. The predicted octanol–water partition coefficient (Wildman–Crippen LogP) is 1.13. The molecule has 2 aromatic rings. The molecule has 0 aliphatic rings. The van der Waals surface area contributed by atoms with Crippen LogP contribution in [-0.4, -0.2) is 31.8 Å². The topological polar surface area (TPSA) is 62.3 Å². The molecule has 0 aliphatic carbocycles. The smallest absolute Gasteiger partial charge is 0.256 e. The fraction of sp³-hybridized carbons (Fsp3) is 0.250. The number of nitrogens with zero attached hydrogens (tertiary/aromatic N) is 2. The highest BCUT2D eigenvalue weighted by Gasteiger charge is 2.12. The van der Waals surface area contributed by atoms with Gasteiger partial charge in [0.1, 0.15) is 0 Å². The van der Waals surface area contributed by atoms with Gasteiger partial charge in [0.15, 0.2) is 0 Å². The van der Waals surface area contributed by atoms with Gasteiger partial charge in [-0.15, -0.1) is 0 Å². The van der Waals surface area contributed by atoms with Crippen LogP contribution >= 0.6 is 0 Å². The highest BCUT2D eigenvalue weighted by molar-refractivity contribution is 7.87. The van der Waals surface area contributed by atoms with Crippen molar-refractivity contribution in [3.8, 4) is 0 Å². The summed E-state index contributed by atoms with van der Waals surface area (Å²) in [5.74, 6) is 0. The van der Waals surface area contributed by atoms with Crippen molar-refractivity contribution >= 4 is 21.1 Å². The SMILES string of the molecule is CN(C)S(=O)(=O)NCc1ccnc2ccccc12. The van der Waals surface area contributed by atoms with E-state index >= 15 is 0 Å². The van der Waals surface area contributed by atoms with Crippen LogP contribution in [-0.2, 0) is 16.8 Å². The van der Waals surface area contributed by atoms with Gasteiger partial charge >= 0.3 is 0 Å². The number of pyridine rings is 1. The number of hydrogen-bond donors (Lipinski definition) is 1. The summed E-state index contributed by atoms with van der Waals surface area (Å²) in [5.41, 5.74) is 1.77. The van der Waals surface area contributed by atoms with Crippen LogP contribution in [0.25, 0.3) is 10.9 Å². The van der Waals surface area contributed by atoms with Crippen molar-refractivity contribution in [2.45, 2.75) is 6.54 Å². The maximum absolute atomic E-state index is 11.6. The molecule has 0 atom stereocenters. The van der Waals surface area contributed by atoms with Crippen LogP contribution in [0.15, 0.2) is 36.5 Å². The van der Waals surface area contributed by atoms with Gasteiger partial charge < -0.3 is 0 Å². The third-order valence-corrected chi connectivity index (χ3v) is 4.14. The van der Waals surface area contributed by atoms with E-state index in [2.05, 4.69) is 9.71 Å². The van der Waals surface area contributed by atoms with Gasteiger partial charge in [0.05, 0.1) is 5.52 Å². The number of nitrogens with one attached hydrogen (secondary N) is 1. The Morgan fingerprint density at radius 3 is 2.67 bits per heavy atom. The molecule has 1 heterocycles. The minimum Gasteiger partial charge on any atom is -0.256 e. The standard InChI is InChI=1S/C12H15N3O2S/c1-15(2)18(16,17)14-9-10-7-8-13-12-6-4-3-5-11(10)12/h3-8,14H,9H2,1-2H3. The van der Waals surface area contributed by atoms with Gasteiger partial charge in [-0.25, -0.2) is 0 Å². The van der Waals surface area contributed by atoms with Crippen molar-refractivity contribution in [2.75, 3.05) is 14.1 Å². The number of fused-ring (bicyclic) bond motifs is 1. The molecule has 5 nitrogen and oxygen atoms in total. The van der Waals surface area contributed by atoms with E-state index in [1.165, 1.54) is 14.1 Å². The molecular formula is C12H15N3O2S. The quantitative estimate of drug-likeness (QED) is 0.901. The van der Waals surface area contributed by atoms with Crippen molar-refractivity contribution in [1.29, 1.82) is 0 Å². The zero-order valence-corrected chi connectivity index (χ0v) is 11.1. The average Bonchev–Trinajstić information content (AvgIpc) is 2.36. The van der Waals surface area contributed by atoms with Crippen LogP contribution in [0, 0.1) is 0 Å². The molecular weight excluding hydrogens is 250 g/mol. The lowest BCUT2D eigenvalue weighted by Gasteiger charge is -2.13. The molecule has 18 heavy (non-hydrogen) atoms. The summed E-state index contributed by atoms with van der Waals surface area (Å²) < 4.78 is 27.0. The normalized spacial score (nSPS) is 12.2. The Morgan fingerprint density at radius 1 is 1.22 bits per heavy atom. The fourth-order valence-electron chi connectivity index (χ4n) is 1.61. The van der Waals surface area contributed by atoms with Crippen LogP contribution in [0.2, 0.25) is 0 Å².